The minimum atomic E-state index is 0. The summed E-state index contributed by atoms with van der Waals surface area (Å²) in [7, 11) is 1.81. The number of hydrogen-bond acceptors (Lipinski definition) is 2. The van der Waals surface area contributed by atoms with E-state index in [4.69, 9.17) is 0 Å². The summed E-state index contributed by atoms with van der Waals surface area (Å²) >= 11 is 0. The van der Waals surface area contributed by atoms with Crippen molar-refractivity contribution in [1.29, 1.82) is 0 Å². The molecule has 1 aromatic heterocycles. The van der Waals surface area contributed by atoms with Crippen molar-refractivity contribution in [2.45, 2.75) is 26.2 Å². The molecule has 0 unspecified atom stereocenters. The maximum atomic E-state index is 4.10. The van der Waals surface area contributed by atoms with Crippen LogP contribution in [0.1, 0.15) is 25.5 Å². The number of nitrogens with zero attached hydrogens (tertiary/aromatic N) is 3. The molecule has 0 aliphatic rings. The van der Waals surface area contributed by atoms with Crippen LogP contribution < -0.4 is 0 Å². The van der Waals surface area contributed by atoms with Crippen LogP contribution in [0.4, 0.5) is 0 Å². The van der Waals surface area contributed by atoms with E-state index in [9.17, 15) is 0 Å². The Labute approximate surface area is 92.4 Å². The van der Waals surface area contributed by atoms with Gasteiger partial charge in [-0.25, -0.2) is 9.90 Å². The largest absolute Gasteiger partial charge is 0.375 e. The minimum absolute atomic E-state index is 0. The summed E-state index contributed by atoms with van der Waals surface area (Å²) in [5.74, 6) is 0. The summed E-state index contributed by atoms with van der Waals surface area (Å²) in [4.78, 5) is 1.55. The number of hydrogen-bond donors (Lipinski definition) is 0. The zero-order valence-electron chi connectivity index (χ0n) is 7.04. The van der Waals surface area contributed by atoms with Crippen LogP contribution in [-0.4, -0.2) is 15.0 Å². The molecular weight excluding hydrogens is 215 g/mol. The fraction of sp³-hybridized carbons (Fsp3) is 0.714. The van der Waals surface area contributed by atoms with Crippen LogP contribution in [0.5, 0.6) is 0 Å². The standard InChI is InChI=1S/C7H12N3.Y/c1-3-4-5-7-6-8-10(2)9-7;/h3-5H2,1-2H3;/q-1;. The predicted octanol–water partition coefficient (Wildman–Crippen LogP) is 0.955. The average molecular weight is 227 g/mol. The molecule has 3 nitrogen and oxygen atoms in total. The van der Waals surface area contributed by atoms with Gasteiger partial charge < -0.3 is 11.3 Å². The maximum Gasteiger partial charge on any atom is 0.0462 e. The monoisotopic (exact) mass is 227 g/mol. The zero-order chi connectivity index (χ0) is 7.40. The van der Waals surface area contributed by atoms with Gasteiger partial charge in [0.15, 0.2) is 0 Å². The van der Waals surface area contributed by atoms with Gasteiger partial charge in [-0.2, -0.15) is 0 Å². The Bertz CT molecular complexity index is 197. The van der Waals surface area contributed by atoms with Crippen molar-refractivity contribution < 1.29 is 32.7 Å². The van der Waals surface area contributed by atoms with E-state index < -0.39 is 0 Å². The first-order chi connectivity index (χ1) is 4.83. The normalized spacial score (nSPS) is 9.27. The second-order valence-electron chi connectivity index (χ2n) is 2.35. The molecule has 0 saturated heterocycles. The molecule has 0 saturated carbocycles. The van der Waals surface area contributed by atoms with Crippen LogP contribution in [0.25, 0.3) is 0 Å². The van der Waals surface area contributed by atoms with Crippen LogP contribution in [0, 0.1) is 6.20 Å². The van der Waals surface area contributed by atoms with Crippen molar-refractivity contribution in [2.24, 2.45) is 7.05 Å². The molecule has 59 valence electrons. The summed E-state index contributed by atoms with van der Waals surface area (Å²) < 4.78 is 0. The second kappa shape index (κ2) is 5.84. The van der Waals surface area contributed by atoms with Crippen molar-refractivity contribution in [3.8, 4) is 0 Å². The van der Waals surface area contributed by atoms with E-state index in [1.807, 2.05) is 7.05 Å². The van der Waals surface area contributed by atoms with Gasteiger partial charge in [0.05, 0.1) is 0 Å². The van der Waals surface area contributed by atoms with Gasteiger partial charge in [-0.15, -0.1) is 0 Å². The van der Waals surface area contributed by atoms with Crippen LogP contribution in [0.2, 0.25) is 0 Å². The van der Waals surface area contributed by atoms with Gasteiger partial charge in [0.2, 0.25) is 0 Å². The van der Waals surface area contributed by atoms with Gasteiger partial charge in [0.25, 0.3) is 0 Å². The molecule has 0 fully saturated rings. The molecule has 1 radical (unpaired) electrons. The molecule has 0 aromatic carbocycles. The fourth-order valence-electron chi connectivity index (χ4n) is 0.800. The van der Waals surface area contributed by atoms with E-state index in [0.717, 1.165) is 12.1 Å². The summed E-state index contributed by atoms with van der Waals surface area (Å²) in [5, 5.41) is 7.95. The molecule has 0 aliphatic heterocycles. The minimum Gasteiger partial charge on any atom is -0.375 e. The summed E-state index contributed by atoms with van der Waals surface area (Å²) in [5.41, 5.74) is 0.976. The van der Waals surface area contributed by atoms with Gasteiger partial charge in [0, 0.05) is 39.8 Å². The summed E-state index contributed by atoms with van der Waals surface area (Å²) in [6.45, 7) is 2.16. The number of aryl methyl sites for hydroxylation is 2. The van der Waals surface area contributed by atoms with E-state index in [1.165, 1.54) is 12.8 Å². The number of unbranched alkanes of at least 4 members (excludes halogenated alkanes) is 1. The average Bonchev–Trinajstić information content (AvgIpc) is 2.31. The molecule has 4 heteroatoms. The molecule has 0 bridgehead atoms. The fourth-order valence-corrected chi connectivity index (χ4v) is 0.800. The molecule has 11 heavy (non-hydrogen) atoms. The Morgan fingerprint density at radius 3 is 2.73 bits per heavy atom. The second-order valence-corrected chi connectivity index (χ2v) is 2.35. The van der Waals surface area contributed by atoms with Crippen LogP contribution in [-0.2, 0) is 46.2 Å². The van der Waals surface area contributed by atoms with Gasteiger partial charge in [-0.1, -0.05) is 25.5 Å². The van der Waals surface area contributed by atoms with E-state index in [2.05, 4.69) is 23.3 Å². The molecule has 0 spiro atoms. The summed E-state index contributed by atoms with van der Waals surface area (Å²) in [6, 6.07) is 0. The summed E-state index contributed by atoms with van der Waals surface area (Å²) in [6.07, 6.45) is 6.22. The molecule has 0 amide bonds. The Kier molecular flexibility index (Phi) is 5.97. The third-order valence-electron chi connectivity index (χ3n) is 1.36. The third-order valence-corrected chi connectivity index (χ3v) is 1.36. The van der Waals surface area contributed by atoms with Gasteiger partial charge >= 0.3 is 0 Å². The molecular formula is C7H12N3Y-. The molecule has 0 N–H and O–H groups in total. The van der Waals surface area contributed by atoms with E-state index >= 15 is 0 Å². The topological polar surface area (TPSA) is 30.7 Å². The zero-order valence-corrected chi connectivity index (χ0v) is 9.88. The number of rotatable bonds is 3. The first kappa shape index (κ1) is 11.2. The van der Waals surface area contributed by atoms with E-state index in [0.29, 0.717) is 0 Å². The van der Waals surface area contributed by atoms with E-state index in [1.54, 1.807) is 4.80 Å². The molecule has 0 aliphatic carbocycles. The van der Waals surface area contributed by atoms with Crippen molar-refractivity contribution in [1.82, 2.24) is 15.0 Å². The Hall–Kier alpha value is 0.244. The van der Waals surface area contributed by atoms with Gasteiger partial charge in [-0.3, -0.25) is 0 Å². The predicted molar refractivity (Wildman–Crippen MR) is 38.5 cm³/mol. The van der Waals surface area contributed by atoms with Crippen LogP contribution >= 0.6 is 0 Å². The van der Waals surface area contributed by atoms with Gasteiger partial charge in [0.1, 0.15) is 0 Å². The first-order valence-corrected chi connectivity index (χ1v) is 3.61. The molecule has 1 heterocycles. The Balaban J connectivity index is 0.000001000. The van der Waals surface area contributed by atoms with Gasteiger partial charge in [-0.05, 0) is 6.42 Å². The quantitative estimate of drug-likeness (QED) is 0.720. The number of aromatic nitrogens is 3. The Morgan fingerprint density at radius 1 is 1.55 bits per heavy atom. The van der Waals surface area contributed by atoms with Crippen molar-refractivity contribution in [2.75, 3.05) is 0 Å². The molecule has 1 rings (SSSR count). The third kappa shape index (κ3) is 3.97. The SMILES string of the molecule is CCCCc1[c-]nn(C)n1.[Y]. The van der Waals surface area contributed by atoms with Crippen LogP contribution in [0.3, 0.4) is 0 Å². The van der Waals surface area contributed by atoms with Crippen LogP contribution in [0.15, 0.2) is 0 Å². The van der Waals surface area contributed by atoms with Crippen molar-refractivity contribution >= 4 is 0 Å². The maximum absolute atomic E-state index is 4.10. The van der Waals surface area contributed by atoms with Crippen molar-refractivity contribution in [3.05, 3.63) is 11.9 Å². The van der Waals surface area contributed by atoms with E-state index in [-0.39, 0.29) is 32.7 Å². The first-order valence-electron chi connectivity index (χ1n) is 3.61. The molecule has 1 aromatic rings. The Morgan fingerprint density at radius 2 is 2.27 bits per heavy atom. The van der Waals surface area contributed by atoms with Crippen molar-refractivity contribution in [3.63, 3.8) is 0 Å². The smallest absolute Gasteiger partial charge is 0.0462 e. The molecule has 0 atom stereocenters.